The molecule has 0 amide bonds. The number of halogens is 1. The normalized spacial score (nSPS) is 20.7. The third-order valence-electron chi connectivity index (χ3n) is 3.52. The lowest BCUT2D eigenvalue weighted by atomic mass is 10.2. The van der Waals surface area contributed by atoms with Crippen molar-refractivity contribution in [3.05, 3.63) is 51.6 Å². The summed E-state index contributed by atoms with van der Waals surface area (Å²) < 4.78 is 1.97. The van der Waals surface area contributed by atoms with E-state index in [0.29, 0.717) is 16.6 Å². The molecule has 3 rings (SSSR count). The van der Waals surface area contributed by atoms with Gasteiger partial charge in [0.15, 0.2) is 0 Å². The molecule has 1 fully saturated rings. The van der Waals surface area contributed by atoms with Gasteiger partial charge in [0.25, 0.3) is 5.69 Å². The van der Waals surface area contributed by atoms with E-state index in [4.69, 9.17) is 11.6 Å². The molecule has 1 aliphatic carbocycles. The number of benzene rings is 1. The molecule has 1 saturated carbocycles. The molecule has 0 radical (unpaired) electrons. The van der Waals surface area contributed by atoms with Crippen molar-refractivity contribution in [2.45, 2.75) is 18.4 Å². The number of nitro benzene ring substituents is 1. The highest BCUT2D eigenvalue weighted by Crippen LogP contribution is 2.43. The topological polar surface area (TPSA) is 73.0 Å². The van der Waals surface area contributed by atoms with Gasteiger partial charge in [-0.15, -0.1) is 0 Å². The summed E-state index contributed by atoms with van der Waals surface area (Å²) in [5.41, 5.74) is 1.65. The molecule has 1 heterocycles. The molecule has 0 saturated heterocycles. The maximum absolute atomic E-state index is 11.0. The van der Waals surface area contributed by atoms with Crippen LogP contribution in [0.25, 0.3) is 0 Å². The fourth-order valence-electron chi connectivity index (χ4n) is 2.38. The van der Waals surface area contributed by atoms with Crippen LogP contribution in [0, 0.1) is 10.1 Å². The van der Waals surface area contributed by atoms with Gasteiger partial charge in [0.1, 0.15) is 5.69 Å². The Kier molecular flexibility index (Phi) is 3.10. The van der Waals surface area contributed by atoms with Gasteiger partial charge < -0.3 is 9.88 Å². The summed E-state index contributed by atoms with van der Waals surface area (Å²) in [4.78, 5) is 14.7. The van der Waals surface area contributed by atoms with Gasteiger partial charge in [0, 0.05) is 42.0 Å². The predicted octanol–water partition coefficient (Wildman–Crippen LogP) is 2.95. The summed E-state index contributed by atoms with van der Waals surface area (Å²) >= 11 is 5.80. The Morgan fingerprint density at radius 3 is 3.00 bits per heavy atom. The lowest BCUT2D eigenvalue weighted by Gasteiger charge is -2.07. The minimum Gasteiger partial charge on any atom is -0.376 e. The quantitative estimate of drug-likeness (QED) is 0.694. The third-order valence-corrected chi connectivity index (χ3v) is 3.76. The summed E-state index contributed by atoms with van der Waals surface area (Å²) in [7, 11) is 1.95. The molecule has 1 aromatic heterocycles. The van der Waals surface area contributed by atoms with Gasteiger partial charge in [-0.2, -0.15) is 0 Å². The van der Waals surface area contributed by atoms with E-state index in [0.717, 1.165) is 12.1 Å². The molecule has 1 aliphatic rings. The number of nitrogens with one attached hydrogen (secondary N) is 1. The van der Waals surface area contributed by atoms with E-state index in [1.165, 1.54) is 6.07 Å². The largest absolute Gasteiger partial charge is 0.376 e. The van der Waals surface area contributed by atoms with E-state index in [1.54, 1.807) is 18.5 Å². The smallest absolute Gasteiger partial charge is 0.293 e. The SMILES string of the molecule is Cn1cncc1[C@@H]1C[C@H]1Nc1ccc(Cl)cc1[N+](=O)[O-]. The Bertz CT molecular complexity index is 670. The van der Waals surface area contributed by atoms with Crippen LogP contribution >= 0.6 is 11.6 Å². The first kappa shape index (κ1) is 12.9. The maximum Gasteiger partial charge on any atom is 0.293 e. The van der Waals surface area contributed by atoms with E-state index in [9.17, 15) is 10.1 Å². The Hall–Kier alpha value is -2.08. The highest BCUT2D eigenvalue weighted by Gasteiger charge is 2.41. The molecule has 0 spiro atoms. The molecular weight excluding hydrogens is 280 g/mol. The van der Waals surface area contributed by atoms with Gasteiger partial charge in [0.2, 0.25) is 0 Å². The lowest BCUT2D eigenvalue weighted by Crippen LogP contribution is -2.07. The standard InChI is InChI=1S/C13H13ClN4O2/c1-17-7-15-6-13(17)9-5-11(9)16-10-3-2-8(14)4-12(10)18(19)20/h2-4,6-7,9,11,16H,5H2,1H3/t9-,11-/m1/s1. The Morgan fingerprint density at radius 2 is 2.35 bits per heavy atom. The van der Waals surface area contributed by atoms with Gasteiger partial charge in [-0.1, -0.05) is 11.6 Å². The van der Waals surface area contributed by atoms with E-state index < -0.39 is 4.92 Å². The van der Waals surface area contributed by atoms with Crippen LogP contribution in [-0.4, -0.2) is 20.5 Å². The van der Waals surface area contributed by atoms with Crippen LogP contribution in [0.5, 0.6) is 0 Å². The fourth-order valence-corrected chi connectivity index (χ4v) is 2.55. The molecule has 0 aliphatic heterocycles. The highest BCUT2D eigenvalue weighted by molar-refractivity contribution is 6.30. The zero-order chi connectivity index (χ0) is 14.3. The van der Waals surface area contributed by atoms with Gasteiger partial charge in [-0.3, -0.25) is 10.1 Å². The molecule has 104 valence electrons. The van der Waals surface area contributed by atoms with Gasteiger partial charge in [-0.05, 0) is 18.6 Å². The van der Waals surface area contributed by atoms with Gasteiger partial charge in [-0.25, -0.2) is 4.98 Å². The first-order valence-electron chi connectivity index (χ1n) is 6.23. The number of hydrogen-bond donors (Lipinski definition) is 1. The van der Waals surface area contributed by atoms with Crippen molar-refractivity contribution >= 4 is 23.0 Å². The molecule has 0 bridgehead atoms. The van der Waals surface area contributed by atoms with E-state index in [1.807, 2.05) is 17.8 Å². The molecule has 20 heavy (non-hydrogen) atoms. The molecule has 2 aromatic rings. The van der Waals surface area contributed by atoms with Crippen LogP contribution in [0.4, 0.5) is 11.4 Å². The Labute approximate surface area is 120 Å². The third kappa shape index (κ3) is 2.34. The second kappa shape index (κ2) is 4.79. The van der Waals surface area contributed by atoms with Crippen molar-refractivity contribution in [1.29, 1.82) is 0 Å². The van der Waals surface area contributed by atoms with Crippen molar-refractivity contribution in [1.82, 2.24) is 9.55 Å². The van der Waals surface area contributed by atoms with Crippen LogP contribution in [0.1, 0.15) is 18.0 Å². The van der Waals surface area contributed by atoms with E-state index >= 15 is 0 Å². The van der Waals surface area contributed by atoms with Crippen molar-refractivity contribution in [3.8, 4) is 0 Å². The van der Waals surface area contributed by atoms with Crippen LogP contribution in [0.15, 0.2) is 30.7 Å². The summed E-state index contributed by atoms with van der Waals surface area (Å²) in [6.45, 7) is 0. The Balaban J connectivity index is 1.77. The van der Waals surface area contributed by atoms with Gasteiger partial charge in [0.05, 0.1) is 11.3 Å². The zero-order valence-corrected chi connectivity index (χ0v) is 11.5. The fraction of sp³-hybridized carbons (Fsp3) is 0.308. The molecule has 6 nitrogen and oxygen atoms in total. The minimum atomic E-state index is -0.421. The first-order valence-corrected chi connectivity index (χ1v) is 6.61. The molecular formula is C13H13ClN4O2. The number of nitro groups is 1. The molecule has 0 unspecified atom stereocenters. The molecule has 1 aromatic carbocycles. The summed E-state index contributed by atoms with van der Waals surface area (Å²) in [5.74, 6) is 0.345. The van der Waals surface area contributed by atoms with Gasteiger partial charge >= 0.3 is 0 Å². The zero-order valence-electron chi connectivity index (χ0n) is 10.8. The minimum absolute atomic E-state index is 0.00755. The van der Waals surface area contributed by atoms with Crippen LogP contribution < -0.4 is 5.32 Å². The van der Waals surface area contributed by atoms with Crippen LogP contribution in [-0.2, 0) is 7.05 Å². The van der Waals surface area contributed by atoms with Crippen molar-refractivity contribution in [2.75, 3.05) is 5.32 Å². The van der Waals surface area contributed by atoms with Crippen molar-refractivity contribution < 1.29 is 4.92 Å². The molecule has 7 heteroatoms. The second-order valence-electron chi connectivity index (χ2n) is 4.94. The number of hydrogen-bond acceptors (Lipinski definition) is 4. The van der Waals surface area contributed by atoms with Crippen molar-refractivity contribution in [3.63, 3.8) is 0 Å². The molecule has 2 atom stereocenters. The van der Waals surface area contributed by atoms with Crippen LogP contribution in [0.3, 0.4) is 0 Å². The number of nitrogens with zero attached hydrogens (tertiary/aromatic N) is 3. The van der Waals surface area contributed by atoms with E-state index in [-0.39, 0.29) is 11.7 Å². The number of imidazole rings is 1. The van der Waals surface area contributed by atoms with Crippen LogP contribution in [0.2, 0.25) is 5.02 Å². The lowest BCUT2D eigenvalue weighted by molar-refractivity contribution is -0.383. The predicted molar refractivity (Wildman–Crippen MR) is 76.1 cm³/mol. The highest BCUT2D eigenvalue weighted by atomic mass is 35.5. The molecule has 1 N–H and O–H groups in total. The number of aromatic nitrogens is 2. The Morgan fingerprint density at radius 1 is 1.55 bits per heavy atom. The average Bonchev–Trinajstić information content (AvgIpc) is 3.02. The van der Waals surface area contributed by atoms with Crippen molar-refractivity contribution in [2.24, 2.45) is 7.05 Å². The summed E-state index contributed by atoms with van der Waals surface area (Å²) in [5, 5.41) is 14.6. The second-order valence-corrected chi connectivity index (χ2v) is 5.38. The monoisotopic (exact) mass is 292 g/mol. The first-order chi connectivity index (χ1) is 9.56. The van der Waals surface area contributed by atoms with E-state index in [2.05, 4.69) is 10.3 Å². The number of rotatable bonds is 4. The number of aryl methyl sites for hydroxylation is 1. The number of anilines is 1. The summed E-state index contributed by atoms with van der Waals surface area (Å²) in [6.07, 6.45) is 4.54. The maximum atomic E-state index is 11.0. The summed E-state index contributed by atoms with van der Waals surface area (Å²) in [6, 6.07) is 4.87. The average molecular weight is 293 g/mol.